The number of halogens is 1. The second kappa shape index (κ2) is 5.82. The quantitative estimate of drug-likeness (QED) is 0.798. The topological polar surface area (TPSA) is 44.1 Å². The standard InChI is InChI=1S/C13H13BrN2O2/c1-10-7-15-16(8-10)4-5-18-13-3-2-12(14)6-11(13)9-17/h2-3,6-9H,4-5H2,1H3. The van der Waals surface area contributed by atoms with Gasteiger partial charge in [0.05, 0.1) is 18.3 Å². The van der Waals surface area contributed by atoms with Crippen LogP contribution in [0.5, 0.6) is 5.75 Å². The number of aldehydes is 1. The van der Waals surface area contributed by atoms with Crippen molar-refractivity contribution in [3.8, 4) is 5.75 Å². The van der Waals surface area contributed by atoms with E-state index in [0.717, 1.165) is 16.3 Å². The molecule has 1 aromatic heterocycles. The van der Waals surface area contributed by atoms with E-state index in [0.29, 0.717) is 24.5 Å². The Kier molecular flexibility index (Phi) is 4.15. The summed E-state index contributed by atoms with van der Waals surface area (Å²) in [5.41, 5.74) is 1.66. The lowest BCUT2D eigenvalue weighted by Crippen LogP contribution is -2.09. The van der Waals surface area contributed by atoms with Crippen LogP contribution in [0.15, 0.2) is 35.1 Å². The van der Waals surface area contributed by atoms with Gasteiger partial charge in [-0.3, -0.25) is 9.48 Å². The van der Waals surface area contributed by atoms with Gasteiger partial charge in [-0.25, -0.2) is 0 Å². The number of carbonyl (C=O) groups excluding carboxylic acids is 1. The number of benzene rings is 1. The van der Waals surface area contributed by atoms with Crippen LogP contribution < -0.4 is 4.74 Å². The number of aromatic nitrogens is 2. The normalized spacial score (nSPS) is 10.3. The van der Waals surface area contributed by atoms with Gasteiger partial charge < -0.3 is 4.74 Å². The summed E-state index contributed by atoms with van der Waals surface area (Å²) in [4.78, 5) is 10.9. The molecule has 0 aliphatic rings. The van der Waals surface area contributed by atoms with Crippen molar-refractivity contribution in [2.24, 2.45) is 0 Å². The fourth-order valence-corrected chi connectivity index (χ4v) is 1.96. The van der Waals surface area contributed by atoms with E-state index in [9.17, 15) is 4.79 Å². The van der Waals surface area contributed by atoms with Gasteiger partial charge in [0.1, 0.15) is 12.4 Å². The predicted octanol–water partition coefficient (Wildman–Crippen LogP) is 2.85. The Morgan fingerprint density at radius 2 is 2.33 bits per heavy atom. The van der Waals surface area contributed by atoms with Gasteiger partial charge in [0.2, 0.25) is 0 Å². The first kappa shape index (κ1) is 12.8. The molecule has 0 N–H and O–H groups in total. The zero-order chi connectivity index (χ0) is 13.0. The zero-order valence-corrected chi connectivity index (χ0v) is 11.6. The third kappa shape index (κ3) is 3.20. The Hall–Kier alpha value is -1.62. The van der Waals surface area contributed by atoms with Gasteiger partial charge in [-0.1, -0.05) is 15.9 Å². The first-order chi connectivity index (χ1) is 8.69. The van der Waals surface area contributed by atoms with Crippen LogP contribution in [0.1, 0.15) is 15.9 Å². The van der Waals surface area contributed by atoms with E-state index in [1.807, 2.05) is 23.9 Å². The SMILES string of the molecule is Cc1cnn(CCOc2ccc(Br)cc2C=O)c1. The van der Waals surface area contributed by atoms with E-state index in [-0.39, 0.29) is 0 Å². The van der Waals surface area contributed by atoms with Crippen LogP contribution in [0, 0.1) is 6.92 Å². The number of rotatable bonds is 5. The van der Waals surface area contributed by atoms with Crippen molar-refractivity contribution in [3.05, 3.63) is 46.2 Å². The van der Waals surface area contributed by atoms with Crippen molar-refractivity contribution < 1.29 is 9.53 Å². The molecule has 0 amide bonds. The summed E-state index contributed by atoms with van der Waals surface area (Å²) < 4.78 is 8.26. The maximum Gasteiger partial charge on any atom is 0.153 e. The van der Waals surface area contributed by atoms with Crippen molar-refractivity contribution >= 4 is 22.2 Å². The zero-order valence-electron chi connectivity index (χ0n) is 9.97. The lowest BCUT2D eigenvalue weighted by Gasteiger charge is -2.08. The maximum absolute atomic E-state index is 10.9. The number of hydrogen-bond acceptors (Lipinski definition) is 3. The van der Waals surface area contributed by atoms with E-state index in [1.165, 1.54) is 0 Å². The van der Waals surface area contributed by atoms with Crippen molar-refractivity contribution in [2.45, 2.75) is 13.5 Å². The van der Waals surface area contributed by atoms with Crippen LogP contribution in [-0.4, -0.2) is 22.7 Å². The molecule has 2 aromatic rings. The molecule has 2 rings (SSSR count). The third-order valence-electron chi connectivity index (χ3n) is 2.44. The lowest BCUT2D eigenvalue weighted by molar-refractivity contribution is 0.111. The van der Waals surface area contributed by atoms with Crippen LogP contribution in [0.3, 0.4) is 0 Å². The van der Waals surface area contributed by atoms with Crippen molar-refractivity contribution in [2.75, 3.05) is 6.61 Å². The minimum absolute atomic E-state index is 0.476. The largest absolute Gasteiger partial charge is 0.491 e. The second-order valence-corrected chi connectivity index (χ2v) is 4.84. The summed E-state index contributed by atoms with van der Waals surface area (Å²) in [5.74, 6) is 0.595. The van der Waals surface area contributed by atoms with Crippen LogP contribution in [0.4, 0.5) is 0 Å². The van der Waals surface area contributed by atoms with Crippen LogP contribution in [0.2, 0.25) is 0 Å². The van der Waals surface area contributed by atoms with E-state index in [4.69, 9.17) is 4.74 Å². The molecule has 0 fully saturated rings. The average molecular weight is 309 g/mol. The molecule has 94 valence electrons. The smallest absolute Gasteiger partial charge is 0.153 e. The van der Waals surface area contributed by atoms with Gasteiger partial charge >= 0.3 is 0 Å². The number of aryl methyl sites for hydroxylation is 1. The second-order valence-electron chi connectivity index (χ2n) is 3.93. The van der Waals surface area contributed by atoms with Crippen LogP contribution in [0.25, 0.3) is 0 Å². The van der Waals surface area contributed by atoms with Crippen molar-refractivity contribution in [1.82, 2.24) is 9.78 Å². The molecule has 1 heterocycles. The molecular formula is C13H13BrN2O2. The van der Waals surface area contributed by atoms with Gasteiger partial charge in [-0.05, 0) is 30.7 Å². The number of carbonyl (C=O) groups is 1. The van der Waals surface area contributed by atoms with Crippen LogP contribution >= 0.6 is 15.9 Å². The predicted molar refractivity (Wildman–Crippen MR) is 72.0 cm³/mol. The van der Waals surface area contributed by atoms with Gasteiger partial charge in [-0.2, -0.15) is 5.10 Å². The highest BCUT2D eigenvalue weighted by Gasteiger charge is 2.03. The number of hydrogen-bond donors (Lipinski definition) is 0. The Morgan fingerprint density at radius 3 is 3.00 bits per heavy atom. The Morgan fingerprint density at radius 1 is 1.50 bits per heavy atom. The molecule has 4 nitrogen and oxygen atoms in total. The summed E-state index contributed by atoms with van der Waals surface area (Å²) in [7, 11) is 0. The van der Waals surface area contributed by atoms with Crippen LogP contribution in [-0.2, 0) is 6.54 Å². The lowest BCUT2D eigenvalue weighted by atomic mass is 10.2. The number of nitrogens with zero attached hydrogens (tertiary/aromatic N) is 2. The summed E-state index contributed by atoms with van der Waals surface area (Å²) in [6.07, 6.45) is 4.54. The Labute approximate surface area is 114 Å². The molecule has 0 radical (unpaired) electrons. The minimum Gasteiger partial charge on any atom is -0.491 e. The van der Waals surface area contributed by atoms with E-state index in [2.05, 4.69) is 21.0 Å². The molecule has 0 saturated carbocycles. The monoisotopic (exact) mass is 308 g/mol. The van der Waals surface area contributed by atoms with E-state index >= 15 is 0 Å². The van der Waals surface area contributed by atoms with E-state index < -0.39 is 0 Å². The highest BCUT2D eigenvalue weighted by Crippen LogP contribution is 2.21. The summed E-state index contributed by atoms with van der Waals surface area (Å²) >= 11 is 3.32. The van der Waals surface area contributed by atoms with Crippen molar-refractivity contribution in [3.63, 3.8) is 0 Å². The van der Waals surface area contributed by atoms with Gasteiger partial charge in [0.25, 0.3) is 0 Å². The fourth-order valence-electron chi connectivity index (χ4n) is 1.58. The van der Waals surface area contributed by atoms with E-state index in [1.54, 1.807) is 18.3 Å². The molecule has 0 atom stereocenters. The van der Waals surface area contributed by atoms with Gasteiger partial charge in [-0.15, -0.1) is 0 Å². The first-order valence-corrected chi connectivity index (χ1v) is 6.35. The first-order valence-electron chi connectivity index (χ1n) is 5.55. The molecule has 0 saturated heterocycles. The Balaban J connectivity index is 1.96. The average Bonchev–Trinajstić information content (AvgIpc) is 2.77. The highest BCUT2D eigenvalue weighted by molar-refractivity contribution is 9.10. The maximum atomic E-state index is 10.9. The number of ether oxygens (including phenoxy) is 1. The Bertz CT molecular complexity index is 552. The molecule has 0 bridgehead atoms. The summed E-state index contributed by atoms with van der Waals surface area (Å²) in [6.45, 7) is 3.12. The molecule has 0 aliphatic carbocycles. The van der Waals surface area contributed by atoms with Gasteiger partial charge in [0.15, 0.2) is 6.29 Å². The molecular weight excluding hydrogens is 296 g/mol. The molecule has 0 unspecified atom stereocenters. The minimum atomic E-state index is 0.476. The molecule has 1 aromatic carbocycles. The summed E-state index contributed by atoms with van der Waals surface area (Å²) in [5, 5.41) is 4.16. The highest BCUT2D eigenvalue weighted by atomic mass is 79.9. The molecule has 0 spiro atoms. The molecule has 5 heteroatoms. The van der Waals surface area contributed by atoms with Gasteiger partial charge in [0, 0.05) is 10.7 Å². The van der Waals surface area contributed by atoms with Crippen molar-refractivity contribution in [1.29, 1.82) is 0 Å². The molecule has 18 heavy (non-hydrogen) atoms. The third-order valence-corrected chi connectivity index (χ3v) is 2.93. The summed E-state index contributed by atoms with van der Waals surface area (Å²) in [6, 6.07) is 5.36. The fraction of sp³-hybridized carbons (Fsp3) is 0.231. The molecule has 0 aliphatic heterocycles.